The highest BCUT2D eigenvalue weighted by Gasteiger charge is 2.00. The molecular weight excluding hydrogens is 252 g/mol. The van der Waals surface area contributed by atoms with Gasteiger partial charge in [0, 0.05) is 6.54 Å². The maximum atomic E-state index is 9.17. The number of hydrogen-bond donors (Lipinski definition) is 4. The van der Waals surface area contributed by atoms with Crippen molar-refractivity contribution in [2.24, 2.45) is 5.73 Å². The Kier molecular flexibility index (Phi) is 9.24. The summed E-state index contributed by atoms with van der Waals surface area (Å²) in [7, 11) is 0. The van der Waals surface area contributed by atoms with Crippen molar-refractivity contribution in [3.05, 3.63) is 35.4 Å². The average molecular weight is 280 g/mol. The molecule has 0 aromatic heterocycles. The van der Waals surface area contributed by atoms with Crippen LogP contribution in [-0.4, -0.2) is 42.6 Å². The standard InChI is InChI=1S/C16H28N2O2/c17-10-2-1-4-14-6-8-15(9-7-14)5-3-11-18-12-16(20)13-19/h6-9,16,18-20H,1-5,10-13,17H2/t16-/m1/s1. The molecule has 0 spiro atoms. The topological polar surface area (TPSA) is 78.5 Å². The van der Waals surface area contributed by atoms with E-state index in [2.05, 4.69) is 29.6 Å². The van der Waals surface area contributed by atoms with Gasteiger partial charge in [-0.25, -0.2) is 0 Å². The largest absolute Gasteiger partial charge is 0.394 e. The van der Waals surface area contributed by atoms with Crippen LogP contribution < -0.4 is 11.1 Å². The van der Waals surface area contributed by atoms with Crippen molar-refractivity contribution in [2.45, 2.75) is 38.2 Å². The molecule has 0 saturated carbocycles. The van der Waals surface area contributed by atoms with Crippen LogP contribution in [0.25, 0.3) is 0 Å². The van der Waals surface area contributed by atoms with E-state index >= 15 is 0 Å². The Hall–Kier alpha value is -0.940. The van der Waals surface area contributed by atoms with Gasteiger partial charge in [0.1, 0.15) is 0 Å². The van der Waals surface area contributed by atoms with Crippen LogP contribution in [0.4, 0.5) is 0 Å². The minimum Gasteiger partial charge on any atom is -0.394 e. The third-order valence-corrected chi connectivity index (χ3v) is 3.35. The molecule has 1 rings (SSSR count). The zero-order valence-corrected chi connectivity index (χ0v) is 12.2. The highest BCUT2D eigenvalue weighted by molar-refractivity contribution is 5.22. The van der Waals surface area contributed by atoms with E-state index in [4.69, 9.17) is 10.8 Å². The Balaban J connectivity index is 2.14. The summed E-state index contributed by atoms with van der Waals surface area (Å²) in [5.41, 5.74) is 8.21. The highest BCUT2D eigenvalue weighted by Crippen LogP contribution is 2.09. The minimum atomic E-state index is -0.650. The molecule has 0 bridgehead atoms. The molecule has 0 saturated heterocycles. The van der Waals surface area contributed by atoms with Crippen LogP contribution in [0.5, 0.6) is 0 Å². The summed E-state index contributed by atoms with van der Waals surface area (Å²) < 4.78 is 0. The molecule has 4 heteroatoms. The van der Waals surface area contributed by atoms with Gasteiger partial charge in [0.15, 0.2) is 0 Å². The van der Waals surface area contributed by atoms with Crippen LogP contribution >= 0.6 is 0 Å². The summed E-state index contributed by atoms with van der Waals surface area (Å²) in [5.74, 6) is 0. The summed E-state index contributed by atoms with van der Waals surface area (Å²) in [6, 6.07) is 8.80. The van der Waals surface area contributed by atoms with Crippen molar-refractivity contribution < 1.29 is 10.2 Å². The monoisotopic (exact) mass is 280 g/mol. The Labute approximate surface area is 122 Å². The molecule has 20 heavy (non-hydrogen) atoms. The normalized spacial score (nSPS) is 12.6. The van der Waals surface area contributed by atoms with E-state index in [1.54, 1.807) is 0 Å². The van der Waals surface area contributed by atoms with Gasteiger partial charge >= 0.3 is 0 Å². The molecule has 0 unspecified atom stereocenters. The zero-order chi connectivity index (χ0) is 14.6. The van der Waals surface area contributed by atoms with E-state index in [0.29, 0.717) is 6.54 Å². The fourth-order valence-electron chi connectivity index (χ4n) is 2.10. The Morgan fingerprint density at radius 2 is 1.60 bits per heavy atom. The maximum Gasteiger partial charge on any atom is 0.0894 e. The SMILES string of the molecule is NCCCCc1ccc(CCCNC[C@@H](O)CO)cc1. The van der Waals surface area contributed by atoms with Gasteiger partial charge in [0.25, 0.3) is 0 Å². The third-order valence-electron chi connectivity index (χ3n) is 3.35. The van der Waals surface area contributed by atoms with Crippen LogP contribution in [0, 0.1) is 0 Å². The number of nitrogens with one attached hydrogen (secondary N) is 1. The number of benzene rings is 1. The number of aliphatic hydroxyl groups is 2. The highest BCUT2D eigenvalue weighted by atomic mass is 16.3. The van der Waals surface area contributed by atoms with Crippen LogP contribution in [0.15, 0.2) is 24.3 Å². The van der Waals surface area contributed by atoms with Crippen molar-refractivity contribution in [3.8, 4) is 0 Å². The van der Waals surface area contributed by atoms with E-state index in [0.717, 1.165) is 45.2 Å². The lowest BCUT2D eigenvalue weighted by atomic mass is 10.0. The van der Waals surface area contributed by atoms with Crippen LogP contribution in [-0.2, 0) is 12.8 Å². The summed E-state index contributed by atoms with van der Waals surface area (Å²) in [4.78, 5) is 0. The number of unbranched alkanes of at least 4 members (excludes halogenated alkanes) is 1. The lowest BCUT2D eigenvalue weighted by Crippen LogP contribution is -2.30. The second-order valence-corrected chi connectivity index (χ2v) is 5.21. The van der Waals surface area contributed by atoms with Crippen molar-refractivity contribution in [1.29, 1.82) is 0 Å². The molecule has 0 aliphatic rings. The van der Waals surface area contributed by atoms with Gasteiger partial charge in [0.2, 0.25) is 0 Å². The molecule has 1 aromatic rings. The van der Waals surface area contributed by atoms with E-state index in [-0.39, 0.29) is 6.61 Å². The number of aliphatic hydroxyl groups excluding tert-OH is 2. The number of nitrogens with two attached hydrogens (primary N) is 1. The van der Waals surface area contributed by atoms with Crippen molar-refractivity contribution in [2.75, 3.05) is 26.2 Å². The van der Waals surface area contributed by atoms with Crippen LogP contribution in [0.2, 0.25) is 0 Å². The quantitative estimate of drug-likeness (QED) is 0.453. The van der Waals surface area contributed by atoms with Gasteiger partial charge in [-0.15, -0.1) is 0 Å². The molecule has 4 nitrogen and oxygen atoms in total. The Bertz CT molecular complexity index is 341. The molecule has 0 fully saturated rings. The minimum absolute atomic E-state index is 0.182. The molecule has 0 radical (unpaired) electrons. The van der Waals surface area contributed by atoms with E-state index < -0.39 is 6.10 Å². The number of aryl methyl sites for hydroxylation is 2. The van der Waals surface area contributed by atoms with Gasteiger partial charge in [-0.3, -0.25) is 0 Å². The van der Waals surface area contributed by atoms with Crippen molar-refractivity contribution in [1.82, 2.24) is 5.32 Å². The predicted molar refractivity (Wildman–Crippen MR) is 82.7 cm³/mol. The van der Waals surface area contributed by atoms with Gasteiger partial charge < -0.3 is 21.3 Å². The summed E-state index contributed by atoms with van der Waals surface area (Å²) in [6.07, 6.45) is 4.77. The lowest BCUT2D eigenvalue weighted by molar-refractivity contribution is 0.0946. The first kappa shape index (κ1) is 17.1. The predicted octanol–water partition coefficient (Wildman–Crippen LogP) is 0.843. The fraction of sp³-hybridized carbons (Fsp3) is 0.625. The molecule has 5 N–H and O–H groups in total. The molecule has 0 heterocycles. The van der Waals surface area contributed by atoms with Crippen LogP contribution in [0.1, 0.15) is 30.4 Å². The maximum absolute atomic E-state index is 9.17. The molecular formula is C16H28N2O2. The zero-order valence-electron chi connectivity index (χ0n) is 12.2. The second-order valence-electron chi connectivity index (χ2n) is 5.21. The Morgan fingerprint density at radius 3 is 2.15 bits per heavy atom. The Morgan fingerprint density at radius 1 is 1.00 bits per heavy atom. The van der Waals surface area contributed by atoms with E-state index in [1.807, 2.05) is 0 Å². The van der Waals surface area contributed by atoms with Gasteiger partial charge in [-0.2, -0.15) is 0 Å². The number of rotatable bonds is 11. The second kappa shape index (κ2) is 10.8. The van der Waals surface area contributed by atoms with Crippen LogP contribution in [0.3, 0.4) is 0 Å². The summed E-state index contributed by atoms with van der Waals surface area (Å²) in [6.45, 7) is 1.90. The molecule has 1 atom stereocenters. The first-order valence-corrected chi connectivity index (χ1v) is 7.53. The van der Waals surface area contributed by atoms with Gasteiger partial charge in [0.05, 0.1) is 12.7 Å². The summed E-state index contributed by atoms with van der Waals surface area (Å²) in [5, 5.41) is 21.0. The molecule has 114 valence electrons. The molecule has 0 aliphatic heterocycles. The molecule has 1 aromatic carbocycles. The van der Waals surface area contributed by atoms with Gasteiger partial charge in [-0.05, 0) is 56.3 Å². The number of hydrogen-bond acceptors (Lipinski definition) is 4. The fourth-order valence-corrected chi connectivity index (χ4v) is 2.10. The van der Waals surface area contributed by atoms with Crippen molar-refractivity contribution >= 4 is 0 Å². The lowest BCUT2D eigenvalue weighted by Gasteiger charge is -2.09. The smallest absolute Gasteiger partial charge is 0.0894 e. The molecule has 0 aliphatic carbocycles. The van der Waals surface area contributed by atoms with E-state index in [1.165, 1.54) is 11.1 Å². The molecule has 0 amide bonds. The average Bonchev–Trinajstić information content (AvgIpc) is 2.48. The summed E-state index contributed by atoms with van der Waals surface area (Å²) >= 11 is 0. The van der Waals surface area contributed by atoms with Gasteiger partial charge in [-0.1, -0.05) is 24.3 Å². The van der Waals surface area contributed by atoms with Crippen molar-refractivity contribution in [3.63, 3.8) is 0 Å². The first-order chi connectivity index (χ1) is 9.76. The first-order valence-electron chi connectivity index (χ1n) is 7.53. The third kappa shape index (κ3) is 7.60. The van der Waals surface area contributed by atoms with E-state index in [9.17, 15) is 5.11 Å².